The number of rotatable bonds is 6. The second-order valence-corrected chi connectivity index (χ2v) is 7.20. The summed E-state index contributed by atoms with van der Waals surface area (Å²) < 4.78 is 6.04. The summed E-state index contributed by atoms with van der Waals surface area (Å²) in [4.78, 5) is 6.89. The maximum atomic E-state index is 10.4. The van der Waals surface area contributed by atoms with E-state index in [4.69, 9.17) is 4.74 Å². The summed E-state index contributed by atoms with van der Waals surface area (Å²) in [6, 6.07) is 18.2. The number of fused-ring (bicyclic) bond motifs is 1. The number of hydrogen-bond acceptors (Lipinski definition) is 4. The normalized spacial score (nSPS) is 16.3. The van der Waals surface area contributed by atoms with Gasteiger partial charge in [0.25, 0.3) is 0 Å². The first kappa shape index (κ1) is 18.0. The van der Waals surface area contributed by atoms with Crippen molar-refractivity contribution in [3.63, 3.8) is 0 Å². The number of piperidine rings is 1. The number of ether oxygens (including phenoxy) is 1. The third-order valence-electron chi connectivity index (χ3n) is 5.16. The lowest BCUT2D eigenvalue weighted by Gasteiger charge is -2.28. The maximum absolute atomic E-state index is 10.4. The van der Waals surface area contributed by atoms with Crippen LogP contribution in [0, 0.1) is 0 Å². The van der Waals surface area contributed by atoms with Gasteiger partial charge in [0.05, 0.1) is 5.52 Å². The predicted octanol–water partition coefficient (Wildman–Crippen LogP) is 4.13. The highest BCUT2D eigenvalue weighted by Crippen LogP contribution is 2.34. The average molecular weight is 362 g/mol. The van der Waals surface area contributed by atoms with Crippen LogP contribution >= 0.6 is 0 Å². The molecule has 2 heterocycles. The van der Waals surface area contributed by atoms with Crippen molar-refractivity contribution in [2.75, 3.05) is 26.2 Å². The van der Waals surface area contributed by atoms with E-state index in [0.29, 0.717) is 13.2 Å². The SMILES string of the molecule is O[C@@H](COc1ccccc1-c1cccc2cccnc12)CN1CCCCC1. The first-order valence-corrected chi connectivity index (χ1v) is 9.77. The first-order valence-electron chi connectivity index (χ1n) is 9.77. The molecule has 0 unspecified atom stereocenters. The monoisotopic (exact) mass is 362 g/mol. The zero-order chi connectivity index (χ0) is 18.5. The van der Waals surface area contributed by atoms with Crippen LogP contribution < -0.4 is 4.74 Å². The minimum absolute atomic E-state index is 0.297. The van der Waals surface area contributed by atoms with Crippen LogP contribution in [0.15, 0.2) is 60.8 Å². The molecule has 1 saturated heterocycles. The minimum atomic E-state index is -0.484. The van der Waals surface area contributed by atoms with Crippen molar-refractivity contribution in [2.24, 2.45) is 0 Å². The van der Waals surface area contributed by atoms with Crippen molar-refractivity contribution in [1.82, 2.24) is 9.88 Å². The van der Waals surface area contributed by atoms with Crippen LogP contribution in [-0.4, -0.2) is 47.3 Å². The highest BCUT2D eigenvalue weighted by atomic mass is 16.5. The van der Waals surface area contributed by atoms with E-state index in [2.05, 4.69) is 34.1 Å². The fraction of sp³-hybridized carbons (Fsp3) is 0.348. The molecule has 0 saturated carbocycles. The molecule has 140 valence electrons. The van der Waals surface area contributed by atoms with Crippen molar-refractivity contribution in [1.29, 1.82) is 0 Å². The molecule has 0 amide bonds. The summed E-state index contributed by atoms with van der Waals surface area (Å²) in [6.45, 7) is 3.13. The molecule has 0 aliphatic carbocycles. The van der Waals surface area contributed by atoms with E-state index in [0.717, 1.165) is 40.9 Å². The van der Waals surface area contributed by atoms with Crippen molar-refractivity contribution in [3.8, 4) is 16.9 Å². The molecular weight excluding hydrogens is 336 g/mol. The lowest BCUT2D eigenvalue weighted by molar-refractivity contribution is 0.0619. The number of pyridine rings is 1. The Morgan fingerprint density at radius 3 is 2.59 bits per heavy atom. The second-order valence-electron chi connectivity index (χ2n) is 7.20. The standard InChI is InChI=1S/C23H26N2O2/c26-19(16-25-14-4-1-5-15-25)17-27-22-12-3-2-10-20(22)21-11-6-8-18-9-7-13-24-23(18)21/h2-3,6-13,19,26H,1,4-5,14-17H2/t19-/m1/s1. The van der Waals surface area contributed by atoms with Crippen LogP contribution in [0.3, 0.4) is 0 Å². The number of β-amino-alcohol motifs (C(OH)–C–C–N with tert-alkyl or cyclic N) is 1. The largest absolute Gasteiger partial charge is 0.490 e. The van der Waals surface area contributed by atoms with Crippen molar-refractivity contribution in [2.45, 2.75) is 25.4 Å². The summed E-state index contributed by atoms with van der Waals surface area (Å²) in [7, 11) is 0. The molecule has 1 aliphatic rings. The van der Waals surface area contributed by atoms with E-state index in [1.165, 1.54) is 19.3 Å². The van der Waals surface area contributed by atoms with Gasteiger partial charge in [0.1, 0.15) is 18.5 Å². The van der Waals surface area contributed by atoms with E-state index < -0.39 is 6.10 Å². The van der Waals surface area contributed by atoms with Crippen molar-refractivity contribution in [3.05, 3.63) is 60.8 Å². The highest BCUT2D eigenvalue weighted by Gasteiger charge is 2.16. The highest BCUT2D eigenvalue weighted by molar-refractivity contribution is 5.94. The van der Waals surface area contributed by atoms with Crippen LogP contribution in [0.1, 0.15) is 19.3 Å². The third kappa shape index (κ3) is 4.29. The lowest BCUT2D eigenvalue weighted by Crippen LogP contribution is -2.38. The smallest absolute Gasteiger partial charge is 0.127 e. The molecule has 4 rings (SSSR count). The Labute approximate surface area is 160 Å². The Hall–Kier alpha value is -2.43. The molecule has 4 heteroatoms. The summed E-state index contributed by atoms with van der Waals surface area (Å²) in [5.74, 6) is 0.786. The molecule has 1 atom stereocenters. The quantitative estimate of drug-likeness (QED) is 0.716. The molecule has 1 aliphatic heterocycles. The molecule has 0 spiro atoms. The molecule has 1 aromatic heterocycles. The summed E-state index contributed by atoms with van der Waals surface area (Å²) in [6.07, 6.45) is 5.09. The van der Waals surface area contributed by atoms with Gasteiger partial charge < -0.3 is 14.7 Å². The van der Waals surface area contributed by atoms with Gasteiger partial charge in [-0.2, -0.15) is 0 Å². The zero-order valence-electron chi connectivity index (χ0n) is 15.6. The fourth-order valence-corrected chi connectivity index (χ4v) is 3.82. The molecular formula is C23H26N2O2. The van der Waals surface area contributed by atoms with E-state index in [1.807, 2.05) is 36.5 Å². The number of likely N-dealkylation sites (tertiary alicyclic amines) is 1. The van der Waals surface area contributed by atoms with Gasteiger partial charge in [-0.1, -0.05) is 48.9 Å². The fourth-order valence-electron chi connectivity index (χ4n) is 3.82. The second kappa shape index (κ2) is 8.51. The average Bonchev–Trinajstić information content (AvgIpc) is 2.73. The molecule has 1 fully saturated rings. The zero-order valence-corrected chi connectivity index (χ0v) is 15.6. The van der Waals surface area contributed by atoms with Gasteiger partial charge >= 0.3 is 0 Å². The molecule has 4 nitrogen and oxygen atoms in total. The Balaban J connectivity index is 1.51. The summed E-state index contributed by atoms with van der Waals surface area (Å²) >= 11 is 0. The lowest BCUT2D eigenvalue weighted by atomic mass is 10.0. The third-order valence-corrected chi connectivity index (χ3v) is 5.16. The van der Waals surface area contributed by atoms with Crippen LogP contribution in [0.4, 0.5) is 0 Å². The van der Waals surface area contributed by atoms with Gasteiger partial charge in [0.15, 0.2) is 0 Å². The number of aromatic nitrogens is 1. The summed E-state index contributed by atoms with van der Waals surface area (Å²) in [5.41, 5.74) is 3.02. The number of hydrogen-bond donors (Lipinski definition) is 1. The van der Waals surface area contributed by atoms with E-state index in [-0.39, 0.29) is 0 Å². The van der Waals surface area contributed by atoms with Crippen LogP contribution in [0.5, 0.6) is 5.75 Å². The number of nitrogens with zero attached hydrogens (tertiary/aromatic N) is 2. The first-order chi connectivity index (χ1) is 13.3. The van der Waals surface area contributed by atoms with E-state index in [1.54, 1.807) is 0 Å². The topological polar surface area (TPSA) is 45.6 Å². The molecule has 2 aromatic carbocycles. The molecule has 0 radical (unpaired) electrons. The Morgan fingerprint density at radius 1 is 0.926 bits per heavy atom. The number of benzene rings is 2. The number of para-hydroxylation sites is 2. The van der Waals surface area contributed by atoms with E-state index in [9.17, 15) is 5.11 Å². The van der Waals surface area contributed by atoms with Gasteiger partial charge in [0.2, 0.25) is 0 Å². The van der Waals surface area contributed by atoms with Crippen LogP contribution in [0.2, 0.25) is 0 Å². The van der Waals surface area contributed by atoms with Gasteiger partial charge in [-0.3, -0.25) is 4.98 Å². The van der Waals surface area contributed by atoms with Crippen molar-refractivity contribution >= 4 is 10.9 Å². The van der Waals surface area contributed by atoms with Crippen molar-refractivity contribution < 1.29 is 9.84 Å². The Kier molecular flexibility index (Phi) is 5.66. The van der Waals surface area contributed by atoms with Gasteiger partial charge in [-0.15, -0.1) is 0 Å². The van der Waals surface area contributed by atoms with E-state index >= 15 is 0 Å². The maximum Gasteiger partial charge on any atom is 0.127 e. The van der Waals surface area contributed by atoms with Gasteiger partial charge in [0, 0.05) is 29.3 Å². The predicted molar refractivity (Wildman–Crippen MR) is 109 cm³/mol. The number of aliphatic hydroxyl groups excluding tert-OH is 1. The number of aliphatic hydroxyl groups is 1. The molecule has 0 bridgehead atoms. The van der Waals surface area contributed by atoms with Gasteiger partial charge in [-0.25, -0.2) is 0 Å². The summed E-state index contributed by atoms with van der Waals surface area (Å²) in [5, 5.41) is 11.5. The molecule has 1 N–H and O–H groups in total. The molecule has 27 heavy (non-hydrogen) atoms. The molecule has 3 aromatic rings. The Bertz CT molecular complexity index is 885. The van der Waals surface area contributed by atoms with Crippen LogP contribution in [-0.2, 0) is 0 Å². The van der Waals surface area contributed by atoms with Crippen LogP contribution in [0.25, 0.3) is 22.0 Å². The van der Waals surface area contributed by atoms with Gasteiger partial charge in [-0.05, 0) is 38.1 Å². The Morgan fingerprint density at radius 2 is 1.70 bits per heavy atom. The minimum Gasteiger partial charge on any atom is -0.490 e.